The van der Waals surface area contributed by atoms with Gasteiger partial charge in [-0.05, 0) is 19.1 Å². The largest absolute Gasteiger partial charge is 0.466 e. The number of nitrogens with zero attached hydrogens (tertiary/aromatic N) is 5. The summed E-state index contributed by atoms with van der Waals surface area (Å²) in [4.78, 5) is 11.7. The van der Waals surface area contributed by atoms with Crippen LogP contribution in [0.15, 0.2) is 41.2 Å². The van der Waals surface area contributed by atoms with Gasteiger partial charge in [-0.25, -0.2) is 4.68 Å². The molecule has 3 aromatic rings. The fourth-order valence-corrected chi connectivity index (χ4v) is 1.66. The lowest BCUT2D eigenvalue weighted by atomic mass is 10.5. The van der Waals surface area contributed by atoms with Crippen molar-refractivity contribution in [3.63, 3.8) is 0 Å². The standard InChI is InChI=1S/C13H12N6O3/c1-9-7-10(18-22-9)15-12(20)8-21-13-4-3-11(16-17-13)19-6-2-5-14-19/h2-7H,8H2,1H3,(H,15,18,20). The van der Waals surface area contributed by atoms with E-state index in [9.17, 15) is 4.79 Å². The normalized spacial score (nSPS) is 10.4. The monoisotopic (exact) mass is 300 g/mol. The number of carbonyl (C=O) groups excluding carboxylic acids is 1. The molecule has 1 amide bonds. The van der Waals surface area contributed by atoms with Crippen molar-refractivity contribution in [2.24, 2.45) is 0 Å². The van der Waals surface area contributed by atoms with Crippen LogP contribution in [0.4, 0.5) is 5.82 Å². The lowest BCUT2D eigenvalue weighted by molar-refractivity contribution is -0.118. The van der Waals surface area contributed by atoms with Crippen molar-refractivity contribution >= 4 is 11.7 Å². The van der Waals surface area contributed by atoms with E-state index in [0.29, 0.717) is 17.4 Å². The molecule has 3 heterocycles. The fraction of sp³-hybridized carbons (Fsp3) is 0.154. The van der Waals surface area contributed by atoms with Crippen LogP contribution < -0.4 is 10.1 Å². The first-order valence-electron chi connectivity index (χ1n) is 6.40. The SMILES string of the molecule is Cc1cc(NC(=O)COc2ccc(-n3cccn3)nn2)no1. The van der Waals surface area contributed by atoms with Crippen LogP contribution in [0.25, 0.3) is 5.82 Å². The third-order valence-corrected chi connectivity index (χ3v) is 2.61. The first kappa shape index (κ1) is 13.7. The number of amides is 1. The van der Waals surface area contributed by atoms with Gasteiger partial charge in [0.05, 0.1) is 0 Å². The van der Waals surface area contributed by atoms with E-state index in [2.05, 4.69) is 25.8 Å². The Kier molecular flexibility index (Phi) is 3.77. The molecule has 22 heavy (non-hydrogen) atoms. The number of aromatic nitrogens is 5. The third kappa shape index (κ3) is 3.26. The number of hydrogen-bond acceptors (Lipinski definition) is 7. The van der Waals surface area contributed by atoms with E-state index in [0.717, 1.165) is 0 Å². The highest BCUT2D eigenvalue weighted by Crippen LogP contribution is 2.09. The number of rotatable bonds is 5. The summed E-state index contributed by atoms with van der Waals surface area (Å²) < 4.78 is 11.7. The molecular formula is C13H12N6O3. The molecule has 0 unspecified atom stereocenters. The molecule has 9 nitrogen and oxygen atoms in total. The third-order valence-electron chi connectivity index (χ3n) is 2.61. The van der Waals surface area contributed by atoms with Gasteiger partial charge in [0, 0.05) is 24.5 Å². The average molecular weight is 300 g/mol. The molecule has 1 N–H and O–H groups in total. The quantitative estimate of drug-likeness (QED) is 0.748. The van der Waals surface area contributed by atoms with E-state index < -0.39 is 0 Å². The summed E-state index contributed by atoms with van der Waals surface area (Å²) in [5.74, 6) is 1.37. The Labute approximate surface area is 124 Å². The predicted molar refractivity (Wildman–Crippen MR) is 74.5 cm³/mol. The average Bonchev–Trinajstić information content (AvgIpc) is 3.18. The van der Waals surface area contributed by atoms with Gasteiger partial charge >= 0.3 is 0 Å². The van der Waals surface area contributed by atoms with Gasteiger partial charge in [-0.1, -0.05) is 5.16 Å². The van der Waals surface area contributed by atoms with E-state index in [1.807, 2.05) is 0 Å². The summed E-state index contributed by atoms with van der Waals surface area (Å²) in [6, 6.07) is 6.68. The smallest absolute Gasteiger partial charge is 0.263 e. The number of nitrogens with one attached hydrogen (secondary N) is 1. The molecular weight excluding hydrogens is 288 g/mol. The Bertz CT molecular complexity index is 750. The molecule has 0 radical (unpaired) electrons. The van der Waals surface area contributed by atoms with Crippen LogP contribution in [0.5, 0.6) is 5.88 Å². The van der Waals surface area contributed by atoms with Gasteiger partial charge in [0.15, 0.2) is 18.2 Å². The van der Waals surface area contributed by atoms with Gasteiger partial charge in [0.1, 0.15) is 5.76 Å². The summed E-state index contributed by atoms with van der Waals surface area (Å²) in [6.45, 7) is 1.53. The lowest BCUT2D eigenvalue weighted by Gasteiger charge is -2.05. The maximum Gasteiger partial charge on any atom is 0.263 e. The van der Waals surface area contributed by atoms with Gasteiger partial charge in [-0.3, -0.25) is 4.79 Å². The van der Waals surface area contributed by atoms with E-state index in [-0.39, 0.29) is 18.4 Å². The Balaban J connectivity index is 1.54. The number of hydrogen-bond donors (Lipinski definition) is 1. The minimum absolute atomic E-state index is 0.207. The van der Waals surface area contributed by atoms with Crippen molar-refractivity contribution in [1.29, 1.82) is 0 Å². The highest BCUT2D eigenvalue weighted by atomic mass is 16.5. The summed E-state index contributed by atoms with van der Waals surface area (Å²) >= 11 is 0. The van der Waals surface area contributed by atoms with E-state index in [1.54, 1.807) is 48.3 Å². The van der Waals surface area contributed by atoms with Crippen molar-refractivity contribution in [2.75, 3.05) is 11.9 Å². The van der Waals surface area contributed by atoms with Crippen LogP contribution in [0.1, 0.15) is 5.76 Å². The maximum atomic E-state index is 11.7. The zero-order chi connectivity index (χ0) is 15.4. The van der Waals surface area contributed by atoms with Crippen LogP contribution in [-0.4, -0.2) is 37.6 Å². The molecule has 0 fully saturated rings. The van der Waals surface area contributed by atoms with Crippen LogP contribution >= 0.6 is 0 Å². The minimum atomic E-state index is -0.369. The summed E-state index contributed by atoms with van der Waals surface area (Å²) in [5, 5.41) is 18.0. The van der Waals surface area contributed by atoms with E-state index in [1.165, 1.54) is 0 Å². The Morgan fingerprint density at radius 1 is 1.41 bits per heavy atom. The van der Waals surface area contributed by atoms with Gasteiger partial charge < -0.3 is 14.6 Å². The highest BCUT2D eigenvalue weighted by molar-refractivity contribution is 5.90. The second-order valence-corrected chi connectivity index (χ2v) is 4.34. The summed E-state index contributed by atoms with van der Waals surface area (Å²) in [7, 11) is 0. The molecule has 0 aliphatic rings. The first-order chi connectivity index (χ1) is 10.7. The molecule has 9 heteroatoms. The number of ether oxygens (including phenoxy) is 1. The first-order valence-corrected chi connectivity index (χ1v) is 6.40. The van der Waals surface area contributed by atoms with Crippen molar-refractivity contribution in [3.8, 4) is 11.7 Å². The molecule has 0 bridgehead atoms. The van der Waals surface area contributed by atoms with E-state index in [4.69, 9.17) is 9.26 Å². The molecule has 0 aliphatic carbocycles. The zero-order valence-corrected chi connectivity index (χ0v) is 11.6. The molecule has 112 valence electrons. The molecule has 0 saturated carbocycles. The fourth-order valence-electron chi connectivity index (χ4n) is 1.66. The highest BCUT2D eigenvalue weighted by Gasteiger charge is 2.08. The van der Waals surface area contributed by atoms with Crippen molar-refractivity contribution < 1.29 is 14.1 Å². The Morgan fingerprint density at radius 3 is 2.95 bits per heavy atom. The van der Waals surface area contributed by atoms with E-state index >= 15 is 0 Å². The summed E-state index contributed by atoms with van der Waals surface area (Å²) in [6.07, 6.45) is 3.39. The van der Waals surface area contributed by atoms with Crippen molar-refractivity contribution in [1.82, 2.24) is 25.1 Å². The van der Waals surface area contributed by atoms with Gasteiger partial charge in [0.2, 0.25) is 5.88 Å². The molecule has 3 rings (SSSR count). The van der Waals surface area contributed by atoms with Crippen LogP contribution in [0, 0.1) is 6.92 Å². The molecule has 3 aromatic heterocycles. The predicted octanol–water partition coefficient (Wildman–Crippen LogP) is 0.976. The molecule has 0 atom stereocenters. The maximum absolute atomic E-state index is 11.7. The van der Waals surface area contributed by atoms with Crippen LogP contribution in [0.3, 0.4) is 0 Å². The number of carbonyl (C=O) groups is 1. The molecule has 0 saturated heterocycles. The molecule has 0 spiro atoms. The lowest BCUT2D eigenvalue weighted by Crippen LogP contribution is -2.20. The zero-order valence-electron chi connectivity index (χ0n) is 11.6. The van der Waals surface area contributed by atoms with Crippen molar-refractivity contribution in [2.45, 2.75) is 6.92 Å². The number of anilines is 1. The van der Waals surface area contributed by atoms with Gasteiger partial charge in [-0.2, -0.15) is 5.10 Å². The van der Waals surface area contributed by atoms with Crippen LogP contribution in [0.2, 0.25) is 0 Å². The Morgan fingerprint density at radius 2 is 2.32 bits per heavy atom. The second kappa shape index (κ2) is 6.04. The number of aryl methyl sites for hydroxylation is 1. The molecule has 0 aromatic carbocycles. The molecule has 0 aliphatic heterocycles. The Hall–Kier alpha value is -3.23. The summed E-state index contributed by atoms with van der Waals surface area (Å²) in [5.41, 5.74) is 0. The minimum Gasteiger partial charge on any atom is -0.466 e. The van der Waals surface area contributed by atoms with Crippen molar-refractivity contribution in [3.05, 3.63) is 42.4 Å². The van der Waals surface area contributed by atoms with Gasteiger partial charge in [-0.15, -0.1) is 10.2 Å². The van der Waals surface area contributed by atoms with Crippen LogP contribution in [-0.2, 0) is 4.79 Å². The van der Waals surface area contributed by atoms with Gasteiger partial charge in [0.25, 0.3) is 5.91 Å². The second-order valence-electron chi connectivity index (χ2n) is 4.34. The topological polar surface area (TPSA) is 108 Å².